The molecule has 74 heavy (non-hydrogen) atoms. The number of hydrogen-bond acceptors (Lipinski definition) is 9. The zero-order valence-electron chi connectivity index (χ0n) is 48.4. The summed E-state index contributed by atoms with van der Waals surface area (Å²) in [4.78, 5) is 25.7. The fraction of sp³-hybridized carbons (Fsp3) is 0.785. The average Bonchev–Trinajstić information content (AvgIpc) is 3.40. The van der Waals surface area contributed by atoms with Crippen molar-refractivity contribution in [2.75, 3.05) is 39.6 Å². The van der Waals surface area contributed by atoms with Gasteiger partial charge in [-0.1, -0.05) is 245 Å². The van der Waals surface area contributed by atoms with Gasteiger partial charge in [0.15, 0.2) is 23.0 Å². The molecule has 0 saturated carbocycles. The van der Waals surface area contributed by atoms with Gasteiger partial charge in [-0.15, -0.1) is 0 Å². The van der Waals surface area contributed by atoms with E-state index in [1.807, 2.05) is 36.4 Å². The number of esters is 2. The van der Waals surface area contributed by atoms with Crippen molar-refractivity contribution in [3.05, 3.63) is 47.5 Å². The van der Waals surface area contributed by atoms with Crippen LogP contribution in [0, 0.1) is 0 Å². The molecule has 0 saturated heterocycles. The van der Waals surface area contributed by atoms with Crippen molar-refractivity contribution >= 4 is 11.9 Å². The minimum absolute atomic E-state index is 0.0369. The molecular formula is C65H113NO8. The summed E-state index contributed by atoms with van der Waals surface area (Å²) in [5.74, 6) is 2.17. The highest BCUT2D eigenvalue weighted by molar-refractivity contribution is 5.77. The van der Waals surface area contributed by atoms with Crippen LogP contribution < -0.4 is 24.7 Å². The lowest BCUT2D eigenvalue weighted by Gasteiger charge is -2.15. The van der Waals surface area contributed by atoms with E-state index in [0.717, 1.165) is 66.2 Å². The minimum atomic E-state index is -0.914. The van der Waals surface area contributed by atoms with E-state index in [-0.39, 0.29) is 32.0 Å². The molecule has 2 rings (SSSR count). The standard InChI is InChI=1S/C65H113NO8/c1-5-9-13-17-21-25-29-33-37-49-69-60-44-41-57(55-62(60)71-51-39-35-31-27-23-19-15-11-7-3)47-53-73-64(67)46-43-59(66)65(68)74-54-48-58-42-45-61(70-50-38-34-30-26-22-18-14-10-6-2)63(56-58)72-52-40-36-32-28-24-20-16-12-8-4/h41-42,44-45,55-56,59H,5-40,43,46-54,66H2,1-4H3/t59-/m0/s1. The molecule has 0 amide bonds. The number of ether oxygens (including phenoxy) is 6. The van der Waals surface area contributed by atoms with Crippen molar-refractivity contribution in [2.45, 2.75) is 291 Å². The quantitative estimate of drug-likeness (QED) is 0.0511. The second-order valence-electron chi connectivity index (χ2n) is 21.3. The number of carbonyl (C=O) groups excluding carboxylic acids is 2. The van der Waals surface area contributed by atoms with E-state index in [1.165, 1.54) is 199 Å². The lowest BCUT2D eigenvalue weighted by atomic mass is 10.1. The molecule has 0 aromatic heterocycles. The molecule has 0 radical (unpaired) electrons. The highest BCUT2D eigenvalue weighted by atomic mass is 16.5. The van der Waals surface area contributed by atoms with Crippen molar-refractivity contribution < 1.29 is 38.0 Å². The molecule has 0 aliphatic carbocycles. The van der Waals surface area contributed by atoms with Gasteiger partial charge in [0.1, 0.15) is 6.04 Å². The molecule has 0 unspecified atom stereocenters. The van der Waals surface area contributed by atoms with E-state index in [2.05, 4.69) is 27.7 Å². The van der Waals surface area contributed by atoms with Crippen LogP contribution in [-0.4, -0.2) is 57.6 Å². The first kappa shape index (κ1) is 66.7. The first-order valence-corrected chi connectivity index (χ1v) is 31.3. The van der Waals surface area contributed by atoms with Crippen molar-refractivity contribution in [2.24, 2.45) is 5.73 Å². The summed E-state index contributed by atoms with van der Waals surface area (Å²) in [6, 6.07) is 11.2. The number of benzene rings is 2. The number of carbonyl (C=O) groups is 2. The topological polar surface area (TPSA) is 116 Å². The predicted octanol–water partition coefficient (Wildman–Crippen LogP) is 18.3. The third-order valence-electron chi connectivity index (χ3n) is 14.3. The summed E-state index contributed by atoms with van der Waals surface area (Å²) in [5, 5.41) is 0. The highest BCUT2D eigenvalue weighted by Gasteiger charge is 2.18. The number of unbranched alkanes of at least 4 members (excludes halogenated alkanes) is 32. The Hall–Kier alpha value is -3.46. The van der Waals surface area contributed by atoms with Crippen molar-refractivity contribution in [1.29, 1.82) is 0 Å². The molecule has 2 aromatic carbocycles. The average molecular weight is 1040 g/mol. The predicted molar refractivity (Wildman–Crippen MR) is 310 cm³/mol. The number of nitrogens with two attached hydrogens (primary N) is 1. The monoisotopic (exact) mass is 1040 g/mol. The van der Waals surface area contributed by atoms with Crippen LogP contribution in [0.15, 0.2) is 36.4 Å². The van der Waals surface area contributed by atoms with Crippen LogP contribution in [0.3, 0.4) is 0 Å². The van der Waals surface area contributed by atoms with Gasteiger partial charge in [-0.3, -0.25) is 9.59 Å². The Bertz CT molecular complexity index is 1600. The summed E-state index contributed by atoms with van der Waals surface area (Å²) >= 11 is 0. The summed E-state index contributed by atoms with van der Waals surface area (Å²) in [6.07, 6.45) is 46.9. The normalized spacial score (nSPS) is 11.7. The molecule has 0 spiro atoms. The van der Waals surface area contributed by atoms with E-state index in [9.17, 15) is 9.59 Å². The molecule has 9 nitrogen and oxygen atoms in total. The van der Waals surface area contributed by atoms with Crippen LogP contribution in [-0.2, 0) is 31.9 Å². The van der Waals surface area contributed by atoms with E-state index in [0.29, 0.717) is 39.3 Å². The molecule has 2 N–H and O–H groups in total. The Balaban J connectivity index is 1.80. The highest BCUT2D eigenvalue weighted by Crippen LogP contribution is 2.31. The fourth-order valence-electron chi connectivity index (χ4n) is 9.38. The minimum Gasteiger partial charge on any atom is -0.490 e. The summed E-state index contributed by atoms with van der Waals surface area (Å²) in [6.45, 7) is 12.1. The third kappa shape index (κ3) is 37.3. The van der Waals surface area contributed by atoms with E-state index >= 15 is 0 Å². The second-order valence-corrected chi connectivity index (χ2v) is 21.3. The first-order chi connectivity index (χ1) is 36.4. The third-order valence-corrected chi connectivity index (χ3v) is 14.3. The van der Waals surface area contributed by atoms with E-state index in [1.54, 1.807) is 0 Å². The smallest absolute Gasteiger partial charge is 0.322 e. The molecule has 9 heteroatoms. The van der Waals surface area contributed by atoms with Gasteiger partial charge in [0.2, 0.25) is 0 Å². The lowest BCUT2D eigenvalue weighted by Crippen LogP contribution is -2.33. The molecule has 0 heterocycles. The molecule has 0 aliphatic rings. The fourth-order valence-corrected chi connectivity index (χ4v) is 9.38. The molecular weight excluding hydrogens is 923 g/mol. The van der Waals surface area contributed by atoms with Crippen molar-refractivity contribution in [3.63, 3.8) is 0 Å². The van der Waals surface area contributed by atoms with E-state index < -0.39 is 12.0 Å². The van der Waals surface area contributed by atoms with Gasteiger partial charge in [-0.2, -0.15) is 0 Å². The maximum Gasteiger partial charge on any atom is 0.322 e. The van der Waals surface area contributed by atoms with Gasteiger partial charge >= 0.3 is 11.9 Å². The maximum absolute atomic E-state index is 12.9. The molecule has 426 valence electrons. The SMILES string of the molecule is CCCCCCCCCCCOc1ccc(CCOC(=O)CC[C@H](N)C(=O)OCCc2ccc(OCCCCCCCCCCC)c(OCCCCCCCCCCC)c2)cc1OCCCCCCCCCCC. The van der Waals surface area contributed by atoms with Gasteiger partial charge in [0.25, 0.3) is 0 Å². The molecule has 2 aromatic rings. The van der Waals surface area contributed by atoms with Gasteiger partial charge in [-0.25, -0.2) is 0 Å². The maximum atomic E-state index is 12.9. The first-order valence-electron chi connectivity index (χ1n) is 31.3. The second kappa shape index (κ2) is 49.1. The Morgan fingerprint density at radius 1 is 0.365 bits per heavy atom. The molecule has 0 aliphatic heterocycles. The number of rotatable bonds is 54. The largest absolute Gasteiger partial charge is 0.490 e. The van der Waals surface area contributed by atoms with Gasteiger partial charge in [0, 0.05) is 19.3 Å². The van der Waals surface area contributed by atoms with Crippen molar-refractivity contribution in [3.8, 4) is 23.0 Å². The van der Waals surface area contributed by atoms with Gasteiger partial charge in [-0.05, 0) is 67.5 Å². The van der Waals surface area contributed by atoms with E-state index in [4.69, 9.17) is 34.2 Å². The lowest BCUT2D eigenvalue weighted by molar-refractivity contribution is -0.146. The van der Waals surface area contributed by atoms with Crippen LogP contribution in [0.4, 0.5) is 0 Å². The Kier molecular flexibility index (Phi) is 44.3. The summed E-state index contributed by atoms with van der Waals surface area (Å²) in [5.41, 5.74) is 8.23. The molecule has 1 atom stereocenters. The molecule has 0 fully saturated rings. The van der Waals surface area contributed by atoms with Gasteiger partial charge in [0.05, 0.1) is 39.6 Å². The summed E-state index contributed by atoms with van der Waals surface area (Å²) < 4.78 is 36.4. The zero-order valence-corrected chi connectivity index (χ0v) is 48.4. The molecule has 0 bridgehead atoms. The summed E-state index contributed by atoms with van der Waals surface area (Å²) in [7, 11) is 0. The zero-order chi connectivity index (χ0) is 53.2. The van der Waals surface area contributed by atoms with Crippen LogP contribution in [0.5, 0.6) is 23.0 Å². The van der Waals surface area contributed by atoms with Crippen molar-refractivity contribution in [1.82, 2.24) is 0 Å². The Morgan fingerprint density at radius 2 is 0.649 bits per heavy atom. The Morgan fingerprint density at radius 3 is 0.973 bits per heavy atom. The van der Waals surface area contributed by atoms with Crippen LogP contribution in [0.25, 0.3) is 0 Å². The number of hydrogen-bond donors (Lipinski definition) is 1. The van der Waals surface area contributed by atoms with Crippen LogP contribution in [0.2, 0.25) is 0 Å². The Labute approximate surface area is 454 Å². The van der Waals surface area contributed by atoms with Crippen LogP contribution >= 0.6 is 0 Å². The van der Waals surface area contributed by atoms with Gasteiger partial charge < -0.3 is 34.2 Å². The van der Waals surface area contributed by atoms with Crippen LogP contribution in [0.1, 0.15) is 283 Å².